The maximum Gasteiger partial charge on any atom is 0.263 e. The lowest BCUT2D eigenvalue weighted by Gasteiger charge is -2.07. The van der Waals surface area contributed by atoms with Crippen LogP contribution in [0, 0.1) is 0 Å². The molecule has 0 amide bonds. The first-order valence-electron chi connectivity index (χ1n) is 7.69. The number of anilines is 3. The molecule has 0 aliphatic rings. The fourth-order valence-electron chi connectivity index (χ4n) is 2.49. The van der Waals surface area contributed by atoms with Crippen LogP contribution in [-0.4, -0.2) is 31.8 Å². The third kappa shape index (κ3) is 2.80. The minimum atomic E-state index is -0.255. The van der Waals surface area contributed by atoms with Gasteiger partial charge in [0.2, 0.25) is 5.95 Å². The molecule has 0 fully saturated rings. The predicted molar refractivity (Wildman–Crippen MR) is 96.6 cm³/mol. The summed E-state index contributed by atoms with van der Waals surface area (Å²) in [7, 11) is 1.80. The molecule has 4 aromatic rings. The molecule has 0 radical (unpaired) electrons. The van der Waals surface area contributed by atoms with E-state index in [1.807, 2.05) is 42.5 Å². The number of hydrogen-bond donors (Lipinski definition) is 3. The average molecular weight is 333 g/mol. The summed E-state index contributed by atoms with van der Waals surface area (Å²) in [6.45, 7) is 0. The molecule has 3 heterocycles. The lowest BCUT2D eigenvalue weighted by Crippen LogP contribution is -2.11. The quantitative estimate of drug-likeness (QED) is 0.530. The molecule has 25 heavy (non-hydrogen) atoms. The van der Waals surface area contributed by atoms with Crippen LogP contribution in [0.1, 0.15) is 0 Å². The highest BCUT2D eigenvalue weighted by Gasteiger charge is 2.11. The van der Waals surface area contributed by atoms with Crippen molar-refractivity contribution in [1.29, 1.82) is 0 Å². The standard InChI is InChI=1S/C17H15N7O/c1-18-14-8-7-11(9-19-14)21-17-22-15-13(16(25)23-17)10-20-24(15)12-5-3-2-4-6-12/h2-10H,1H3,(H,18,19)(H2,21,22,23,25). The number of pyridine rings is 1. The Hall–Kier alpha value is -3.68. The van der Waals surface area contributed by atoms with Crippen LogP contribution >= 0.6 is 0 Å². The van der Waals surface area contributed by atoms with Crippen molar-refractivity contribution in [3.8, 4) is 5.69 Å². The van der Waals surface area contributed by atoms with Gasteiger partial charge in [-0.25, -0.2) is 9.67 Å². The topological polar surface area (TPSA) is 101 Å². The Morgan fingerprint density at radius 3 is 2.64 bits per heavy atom. The van der Waals surface area contributed by atoms with Gasteiger partial charge in [0, 0.05) is 7.05 Å². The molecule has 0 aliphatic heterocycles. The van der Waals surface area contributed by atoms with Gasteiger partial charge in [-0.2, -0.15) is 10.1 Å². The number of nitrogens with zero attached hydrogens (tertiary/aromatic N) is 4. The van der Waals surface area contributed by atoms with Crippen LogP contribution in [-0.2, 0) is 0 Å². The maximum atomic E-state index is 12.3. The first-order valence-corrected chi connectivity index (χ1v) is 7.69. The Bertz CT molecular complexity index is 1070. The van der Waals surface area contributed by atoms with Crippen molar-refractivity contribution in [3.63, 3.8) is 0 Å². The van der Waals surface area contributed by atoms with Crippen LogP contribution in [0.3, 0.4) is 0 Å². The molecule has 0 atom stereocenters. The van der Waals surface area contributed by atoms with Crippen molar-refractivity contribution in [3.05, 3.63) is 65.2 Å². The van der Waals surface area contributed by atoms with Gasteiger partial charge in [-0.05, 0) is 24.3 Å². The first kappa shape index (κ1) is 14.9. The van der Waals surface area contributed by atoms with E-state index >= 15 is 0 Å². The van der Waals surface area contributed by atoms with E-state index in [-0.39, 0.29) is 5.56 Å². The maximum absolute atomic E-state index is 12.3. The summed E-state index contributed by atoms with van der Waals surface area (Å²) in [6.07, 6.45) is 3.17. The molecular formula is C17H15N7O. The lowest BCUT2D eigenvalue weighted by molar-refractivity contribution is 0.895. The van der Waals surface area contributed by atoms with Gasteiger partial charge >= 0.3 is 0 Å². The van der Waals surface area contributed by atoms with Gasteiger partial charge in [0.15, 0.2) is 5.65 Å². The fourth-order valence-corrected chi connectivity index (χ4v) is 2.49. The smallest absolute Gasteiger partial charge is 0.263 e. The van der Waals surface area contributed by atoms with Gasteiger partial charge in [0.1, 0.15) is 11.2 Å². The summed E-state index contributed by atoms with van der Waals surface area (Å²) in [4.78, 5) is 23.8. The normalized spacial score (nSPS) is 10.8. The van der Waals surface area contributed by atoms with E-state index in [9.17, 15) is 4.79 Å². The second-order valence-electron chi connectivity index (χ2n) is 5.35. The molecule has 0 bridgehead atoms. The van der Waals surface area contributed by atoms with Crippen LogP contribution in [0.5, 0.6) is 0 Å². The van der Waals surface area contributed by atoms with E-state index in [0.717, 1.165) is 11.5 Å². The molecule has 1 aromatic carbocycles. The Morgan fingerprint density at radius 1 is 1.08 bits per heavy atom. The molecule has 3 aromatic heterocycles. The van der Waals surface area contributed by atoms with Crippen LogP contribution in [0.2, 0.25) is 0 Å². The third-order valence-corrected chi connectivity index (χ3v) is 3.72. The van der Waals surface area contributed by atoms with Gasteiger partial charge in [0.25, 0.3) is 5.56 Å². The van der Waals surface area contributed by atoms with Crippen molar-refractivity contribution in [2.24, 2.45) is 0 Å². The average Bonchev–Trinajstić information content (AvgIpc) is 3.07. The number of rotatable bonds is 4. The number of fused-ring (bicyclic) bond motifs is 1. The van der Waals surface area contributed by atoms with Gasteiger partial charge in [-0.15, -0.1) is 0 Å². The van der Waals surface area contributed by atoms with Crippen LogP contribution in [0.25, 0.3) is 16.7 Å². The van der Waals surface area contributed by atoms with E-state index in [2.05, 4.69) is 30.7 Å². The second kappa shape index (κ2) is 6.08. The number of para-hydroxylation sites is 1. The molecule has 0 spiro atoms. The molecular weight excluding hydrogens is 318 g/mol. The summed E-state index contributed by atoms with van der Waals surface area (Å²) < 4.78 is 1.64. The largest absolute Gasteiger partial charge is 0.373 e. The SMILES string of the molecule is CNc1ccc(Nc2nc3c(cnn3-c3ccccc3)c(=O)[nH]2)cn1. The summed E-state index contributed by atoms with van der Waals surface area (Å²) in [5.41, 5.74) is 1.78. The number of aromatic amines is 1. The fraction of sp³-hybridized carbons (Fsp3) is 0.0588. The molecule has 3 N–H and O–H groups in total. The Balaban J connectivity index is 1.76. The minimum Gasteiger partial charge on any atom is -0.373 e. The van der Waals surface area contributed by atoms with Crippen molar-refractivity contribution >= 4 is 28.5 Å². The zero-order valence-corrected chi connectivity index (χ0v) is 13.4. The molecule has 4 rings (SSSR count). The third-order valence-electron chi connectivity index (χ3n) is 3.72. The van der Waals surface area contributed by atoms with Gasteiger partial charge in [-0.3, -0.25) is 9.78 Å². The molecule has 0 aliphatic carbocycles. The molecule has 0 saturated carbocycles. The number of nitrogens with one attached hydrogen (secondary N) is 3. The first-order chi connectivity index (χ1) is 12.2. The molecule has 0 unspecified atom stereocenters. The van der Waals surface area contributed by atoms with Gasteiger partial charge in [-0.1, -0.05) is 18.2 Å². The highest BCUT2D eigenvalue weighted by Crippen LogP contribution is 2.17. The highest BCUT2D eigenvalue weighted by atomic mass is 16.1. The Morgan fingerprint density at radius 2 is 1.92 bits per heavy atom. The second-order valence-corrected chi connectivity index (χ2v) is 5.35. The Labute approximate surface area is 142 Å². The van der Waals surface area contributed by atoms with Crippen molar-refractivity contribution in [1.82, 2.24) is 24.7 Å². The van der Waals surface area contributed by atoms with E-state index in [1.54, 1.807) is 17.9 Å². The van der Waals surface area contributed by atoms with Crippen molar-refractivity contribution in [2.75, 3.05) is 17.7 Å². The predicted octanol–water partition coefficient (Wildman–Crippen LogP) is 2.29. The summed E-state index contributed by atoms with van der Waals surface area (Å²) in [5.74, 6) is 1.08. The molecule has 8 heteroatoms. The van der Waals surface area contributed by atoms with Crippen LogP contribution in [0.15, 0.2) is 59.7 Å². The number of H-pyrrole nitrogens is 1. The minimum absolute atomic E-state index is 0.255. The summed E-state index contributed by atoms with van der Waals surface area (Å²) in [6, 6.07) is 13.2. The zero-order valence-electron chi connectivity index (χ0n) is 13.4. The van der Waals surface area contributed by atoms with Crippen LogP contribution in [0.4, 0.5) is 17.5 Å². The molecule has 124 valence electrons. The number of aromatic nitrogens is 5. The van der Waals surface area contributed by atoms with Gasteiger partial charge < -0.3 is 10.6 Å². The summed E-state index contributed by atoms with van der Waals surface area (Å²) in [5, 5.41) is 10.7. The lowest BCUT2D eigenvalue weighted by atomic mass is 10.3. The zero-order chi connectivity index (χ0) is 17.2. The number of benzene rings is 1. The van der Waals surface area contributed by atoms with Crippen molar-refractivity contribution < 1.29 is 0 Å². The van der Waals surface area contributed by atoms with E-state index < -0.39 is 0 Å². The van der Waals surface area contributed by atoms with Crippen molar-refractivity contribution in [2.45, 2.75) is 0 Å². The number of hydrogen-bond acceptors (Lipinski definition) is 6. The molecule has 8 nitrogen and oxygen atoms in total. The Kier molecular flexibility index (Phi) is 3.62. The van der Waals surface area contributed by atoms with Crippen LogP contribution < -0.4 is 16.2 Å². The monoisotopic (exact) mass is 333 g/mol. The van der Waals surface area contributed by atoms with E-state index in [1.165, 1.54) is 6.20 Å². The molecule has 0 saturated heterocycles. The van der Waals surface area contributed by atoms with E-state index in [4.69, 9.17) is 0 Å². The summed E-state index contributed by atoms with van der Waals surface area (Å²) >= 11 is 0. The highest BCUT2D eigenvalue weighted by molar-refractivity contribution is 5.76. The van der Waals surface area contributed by atoms with E-state index in [0.29, 0.717) is 22.7 Å². The van der Waals surface area contributed by atoms with Gasteiger partial charge in [0.05, 0.1) is 23.8 Å².